The van der Waals surface area contributed by atoms with E-state index in [1.807, 2.05) is 0 Å². The Kier molecular flexibility index (Phi) is 6.01. The van der Waals surface area contributed by atoms with E-state index in [-0.39, 0.29) is 0 Å². The lowest BCUT2D eigenvalue weighted by Gasteiger charge is -2.18. The zero-order chi connectivity index (χ0) is 14.5. The highest BCUT2D eigenvalue weighted by molar-refractivity contribution is 14.1. The summed E-state index contributed by atoms with van der Waals surface area (Å²) in [7, 11) is 0. The van der Waals surface area contributed by atoms with Crippen LogP contribution in [0.5, 0.6) is 0 Å². The number of nitrogen functional groups attached to an aromatic ring is 1. The van der Waals surface area contributed by atoms with Crippen LogP contribution in [-0.4, -0.2) is 34.5 Å². The Morgan fingerprint density at radius 3 is 2.45 bits per heavy atom. The number of aromatic nitrogens is 2. The summed E-state index contributed by atoms with van der Waals surface area (Å²) >= 11 is 2.31. The first-order chi connectivity index (χ1) is 9.65. The van der Waals surface area contributed by atoms with Crippen LogP contribution >= 0.6 is 22.6 Å². The maximum Gasteiger partial charge on any atom is 0.140 e. The minimum atomic E-state index is 0.597. The van der Waals surface area contributed by atoms with Gasteiger partial charge < -0.3 is 10.6 Å². The second-order valence-electron chi connectivity index (χ2n) is 5.48. The number of rotatable bonds is 6. The van der Waals surface area contributed by atoms with Crippen molar-refractivity contribution in [3.8, 4) is 0 Å². The first kappa shape index (κ1) is 15.9. The van der Waals surface area contributed by atoms with Crippen molar-refractivity contribution in [2.45, 2.75) is 51.9 Å². The molecule has 1 aliphatic rings. The van der Waals surface area contributed by atoms with Crippen LogP contribution in [0.2, 0.25) is 0 Å². The van der Waals surface area contributed by atoms with Crippen LogP contribution in [-0.2, 0) is 6.42 Å². The molecule has 0 radical (unpaired) electrons. The highest BCUT2D eigenvalue weighted by Crippen LogP contribution is 2.36. The van der Waals surface area contributed by atoms with E-state index in [1.54, 1.807) is 0 Å². The van der Waals surface area contributed by atoms with Crippen molar-refractivity contribution in [3.05, 3.63) is 15.1 Å². The third kappa shape index (κ3) is 3.81. The van der Waals surface area contributed by atoms with Crippen molar-refractivity contribution >= 4 is 28.4 Å². The lowest BCUT2D eigenvalue weighted by atomic mass is 10.0. The minimum Gasteiger partial charge on any atom is -0.383 e. The standard InChI is InChI=1S/C15H25IN4/c1-3-20(4-2)10-9-12-18-14(11-7-5-6-8-11)13(16)15(17)19-12/h11H,3-10H2,1-2H3,(H2,17,18,19). The van der Waals surface area contributed by atoms with Gasteiger partial charge in [-0.15, -0.1) is 0 Å². The molecule has 0 aromatic carbocycles. The van der Waals surface area contributed by atoms with Crippen molar-refractivity contribution in [1.82, 2.24) is 14.9 Å². The van der Waals surface area contributed by atoms with Crippen LogP contribution in [0.1, 0.15) is 57.0 Å². The van der Waals surface area contributed by atoms with Gasteiger partial charge >= 0.3 is 0 Å². The summed E-state index contributed by atoms with van der Waals surface area (Å²) in [5.74, 6) is 2.17. The summed E-state index contributed by atoms with van der Waals surface area (Å²) in [5, 5.41) is 0. The topological polar surface area (TPSA) is 55.0 Å². The summed E-state index contributed by atoms with van der Waals surface area (Å²) in [6.07, 6.45) is 6.03. The van der Waals surface area contributed by atoms with Gasteiger partial charge in [0.25, 0.3) is 0 Å². The molecule has 0 unspecified atom stereocenters. The van der Waals surface area contributed by atoms with Gasteiger partial charge in [-0.1, -0.05) is 26.7 Å². The average Bonchev–Trinajstić information content (AvgIpc) is 2.97. The second kappa shape index (κ2) is 7.54. The van der Waals surface area contributed by atoms with Gasteiger partial charge in [-0.05, 0) is 48.5 Å². The zero-order valence-corrected chi connectivity index (χ0v) is 14.7. The van der Waals surface area contributed by atoms with Crippen LogP contribution in [0.3, 0.4) is 0 Å². The number of nitrogens with zero attached hydrogens (tertiary/aromatic N) is 3. The van der Waals surface area contributed by atoms with Gasteiger partial charge in [0.15, 0.2) is 0 Å². The van der Waals surface area contributed by atoms with Crippen molar-refractivity contribution in [1.29, 1.82) is 0 Å². The van der Waals surface area contributed by atoms with Crippen molar-refractivity contribution in [3.63, 3.8) is 0 Å². The third-order valence-electron chi connectivity index (χ3n) is 4.24. The fourth-order valence-electron chi connectivity index (χ4n) is 2.91. The van der Waals surface area contributed by atoms with Crippen LogP contribution < -0.4 is 5.73 Å². The Morgan fingerprint density at radius 1 is 1.20 bits per heavy atom. The van der Waals surface area contributed by atoms with E-state index < -0.39 is 0 Å². The molecule has 1 fully saturated rings. The third-order valence-corrected chi connectivity index (χ3v) is 5.34. The van der Waals surface area contributed by atoms with Gasteiger partial charge in [-0.3, -0.25) is 0 Å². The molecular weight excluding hydrogens is 363 g/mol. The van der Waals surface area contributed by atoms with Crippen LogP contribution in [0.4, 0.5) is 5.82 Å². The van der Waals surface area contributed by atoms with Crippen LogP contribution in [0.15, 0.2) is 0 Å². The lowest BCUT2D eigenvalue weighted by molar-refractivity contribution is 0.305. The normalized spacial score (nSPS) is 16.2. The quantitative estimate of drug-likeness (QED) is 0.761. The average molecular weight is 388 g/mol. The largest absolute Gasteiger partial charge is 0.383 e. The number of likely N-dealkylation sites (N-methyl/N-ethyl adjacent to an activating group) is 1. The molecule has 112 valence electrons. The first-order valence-corrected chi connectivity index (χ1v) is 8.77. The molecule has 0 bridgehead atoms. The highest BCUT2D eigenvalue weighted by atomic mass is 127. The highest BCUT2D eigenvalue weighted by Gasteiger charge is 2.23. The van der Waals surface area contributed by atoms with E-state index in [4.69, 9.17) is 10.7 Å². The molecule has 2 N–H and O–H groups in total. The van der Waals surface area contributed by atoms with Gasteiger partial charge in [0.2, 0.25) is 0 Å². The molecule has 0 amide bonds. The number of nitrogens with two attached hydrogens (primary N) is 1. The minimum absolute atomic E-state index is 0.597. The summed E-state index contributed by atoms with van der Waals surface area (Å²) < 4.78 is 1.07. The molecule has 1 aliphatic carbocycles. The zero-order valence-electron chi connectivity index (χ0n) is 12.5. The number of halogens is 1. The Hall–Kier alpha value is -0.430. The van der Waals surface area contributed by atoms with E-state index in [9.17, 15) is 0 Å². The van der Waals surface area contributed by atoms with E-state index in [2.05, 4.69) is 46.3 Å². The molecule has 0 aliphatic heterocycles. The summed E-state index contributed by atoms with van der Waals surface area (Å²) in [4.78, 5) is 11.7. The summed E-state index contributed by atoms with van der Waals surface area (Å²) in [6, 6.07) is 0. The van der Waals surface area contributed by atoms with Gasteiger partial charge in [0.1, 0.15) is 11.6 Å². The monoisotopic (exact) mass is 388 g/mol. The second-order valence-corrected chi connectivity index (χ2v) is 6.56. The molecular formula is C15H25IN4. The Balaban J connectivity index is 2.13. The summed E-state index contributed by atoms with van der Waals surface area (Å²) in [5.41, 5.74) is 7.29. The number of anilines is 1. The summed E-state index contributed by atoms with van der Waals surface area (Å²) in [6.45, 7) is 7.54. The molecule has 20 heavy (non-hydrogen) atoms. The van der Waals surface area contributed by atoms with E-state index in [0.29, 0.717) is 11.7 Å². The first-order valence-electron chi connectivity index (χ1n) is 7.69. The predicted octanol–water partition coefficient (Wildman–Crippen LogP) is 3.21. The lowest BCUT2D eigenvalue weighted by Crippen LogP contribution is -2.26. The number of hydrogen-bond acceptors (Lipinski definition) is 4. The van der Waals surface area contributed by atoms with Gasteiger partial charge in [0.05, 0.1) is 9.26 Å². The van der Waals surface area contributed by atoms with Crippen molar-refractivity contribution < 1.29 is 0 Å². The van der Waals surface area contributed by atoms with Crippen LogP contribution in [0, 0.1) is 3.57 Å². The number of hydrogen-bond donors (Lipinski definition) is 1. The van der Waals surface area contributed by atoms with Gasteiger partial charge in [-0.25, -0.2) is 9.97 Å². The molecule has 2 rings (SSSR count). The Bertz CT molecular complexity index is 440. The van der Waals surface area contributed by atoms with E-state index >= 15 is 0 Å². The SMILES string of the molecule is CCN(CC)CCc1nc(N)c(I)c(C2CCCC2)n1. The molecule has 0 saturated heterocycles. The smallest absolute Gasteiger partial charge is 0.140 e. The maximum atomic E-state index is 6.09. The Labute approximate surface area is 135 Å². The molecule has 0 spiro atoms. The van der Waals surface area contributed by atoms with Crippen LogP contribution in [0.25, 0.3) is 0 Å². The fraction of sp³-hybridized carbons (Fsp3) is 0.733. The fourth-order valence-corrected chi connectivity index (χ4v) is 3.59. The molecule has 1 heterocycles. The van der Waals surface area contributed by atoms with Crippen molar-refractivity contribution in [2.24, 2.45) is 0 Å². The van der Waals surface area contributed by atoms with Gasteiger partial charge in [-0.2, -0.15) is 0 Å². The van der Waals surface area contributed by atoms with Crippen molar-refractivity contribution in [2.75, 3.05) is 25.4 Å². The van der Waals surface area contributed by atoms with E-state index in [1.165, 1.54) is 31.4 Å². The van der Waals surface area contributed by atoms with Gasteiger partial charge in [0, 0.05) is 18.9 Å². The predicted molar refractivity (Wildman–Crippen MR) is 91.9 cm³/mol. The molecule has 5 heteroatoms. The Morgan fingerprint density at radius 2 is 1.85 bits per heavy atom. The maximum absolute atomic E-state index is 6.09. The molecule has 1 saturated carbocycles. The molecule has 0 atom stereocenters. The molecule has 1 aromatic rings. The molecule has 4 nitrogen and oxygen atoms in total. The van der Waals surface area contributed by atoms with E-state index in [0.717, 1.165) is 35.4 Å². The molecule has 1 aromatic heterocycles.